The van der Waals surface area contributed by atoms with E-state index in [-0.39, 0.29) is 36.1 Å². The number of hydrogen-bond acceptors (Lipinski definition) is 3. The number of carbonyl (C=O) groups is 2. The number of carboxylic acid groups (broad SMARTS) is 1. The molecule has 26 heavy (non-hydrogen) atoms. The molecule has 1 saturated carbocycles. The second-order valence-corrected chi connectivity index (χ2v) is 7.24. The van der Waals surface area contributed by atoms with Crippen LogP contribution in [0, 0.1) is 5.82 Å². The lowest BCUT2D eigenvalue weighted by molar-refractivity contribution is -0.142. The third kappa shape index (κ3) is 4.54. The Morgan fingerprint density at radius 1 is 1.19 bits per heavy atom. The summed E-state index contributed by atoms with van der Waals surface area (Å²) in [5, 5.41) is 12.2. The maximum absolute atomic E-state index is 13.2. The highest BCUT2D eigenvalue weighted by Gasteiger charge is 2.37. The fourth-order valence-corrected chi connectivity index (χ4v) is 4.23. The van der Waals surface area contributed by atoms with E-state index in [9.17, 15) is 19.1 Å². The molecule has 1 aromatic rings. The number of rotatable bonds is 6. The summed E-state index contributed by atoms with van der Waals surface area (Å²) in [5.41, 5.74) is 0.928. The van der Waals surface area contributed by atoms with E-state index in [1.54, 1.807) is 4.90 Å². The van der Waals surface area contributed by atoms with Crippen LogP contribution in [0.5, 0.6) is 0 Å². The monoisotopic (exact) mass is 384 g/mol. The number of nitrogens with one attached hydrogen (secondary N) is 1. The van der Waals surface area contributed by atoms with Gasteiger partial charge in [0.15, 0.2) is 0 Å². The quantitative estimate of drug-likeness (QED) is 0.791. The number of nitrogens with zero attached hydrogens (tertiary/aromatic N) is 1. The van der Waals surface area contributed by atoms with Crippen LogP contribution in [0.3, 0.4) is 0 Å². The molecule has 0 bridgehead atoms. The maximum atomic E-state index is 13.2. The summed E-state index contributed by atoms with van der Waals surface area (Å²) in [7, 11) is 0. The molecule has 1 aliphatic heterocycles. The zero-order valence-corrected chi connectivity index (χ0v) is 15.6. The fraction of sp³-hybridized carbons (Fsp3) is 0.579. The van der Waals surface area contributed by atoms with Crippen LogP contribution in [-0.4, -0.2) is 47.6 Å². The molecule has 3 rings (SSSR count). The minimum Gasteiger partial charge on any atom is -0.480 e. The van der Waals surface area contributed by atoms with E-state index < -0.39 is 12.0 Å². The highest BCUT2D eigenvalue weighted by Crippen LogP contribution is 2.40. The first kappa shape index (κ1) is 20.6. The average Bonchev–Trinajstić information content (AvgIpc) is 3.23. The van der Waals surface area contributed by atoms with Gasteiger partial charge in [0.1, 0.15) is 11.9 Å². The highest BCUT2D eigenvalue weighted by molar-refractivity contribution is 5.85. The van der Waals surface area contributed by atoms with Gasteiger partial charge in [0.25, 0.3) is 0 Å². The molecular weight excluding hydrogens is 359 g/mol. The summed E-state index contributed by atoms with van der Waals surface area (Å²) in [4.78, 5) is 25.3. The van der Waals surface area contributed by atoms with Crippen molar-refractivity contribution in [3.63, 3.8) is 0 Å². The average molecular weight is 385 g/mol. The van der Waals surface area contributed by atoms with E-state index in [1.165, 1.54) is 12.1 Å². The first-order chi connectivity index (χ1) is 12.0. The molecule has 1 aromatic carbocycles. The van der Waals surface area contributed by atoms with Gasteiger partial charge in [0, 0.05) is 12.0 Å². The molecule has 5 nitrogen and oxygen atoms in total. The Labute approximate surface area is 159 Å². The van der Waals surface area contributed by atoms with Crippen molar-refractivity contribution in [2.75, 3.05) is 19.6 Å². The number of likely N-dealkylation sites (tertiary alicyclic amines) is 1. The van der Waals surface area contributed by atoms with Crippen LogP contribution in [0.25, 0.3) is 0 Å². The zero-order chi connectivity index (χ0) is 17.9. The molecule has 1 aliphatic carbocycles. The first-order valence-electron chi connectivity index (χ1n) is 9.00. The van der Waals surface area contributed by atoms with Crippen molar-refractivity contribution < 1.29 is 19.1 Å². The number of benzene rings is 1. The number of halogens is 2. The SMILES string of the molecule is Cl.O=C(CN1CCCC1C(=O)O)NCC1(c2ccc(F)cc2)CCCC1. The zero-order valence-electron chi connectivity index (χ0n) is 14.7. The minimum atomic E-state index is -0.858. The Morgan fingerprint density at radius 3 is 2.46 bits per heavy atom. The standard InChI is InChI=1S/C19H25FN2O3.ClH/c20-15-7-5-14(6-8-15)19(9-1-2-10-19)13-21-17(23)12-22-11-3-4-16(22)18(24)25;/h5-8,16H,1-4,9-13H2,(H,21,23)(H,24,25);1H. The van der Waals surface area contributed by atoms with Crippen LogP contribution < -0.4 is 5.32 Å². The molecule has 1 heterocycles. The number of carboxylic acids is 1. The Balaban J connectivity index is 0.00000243. The second-order valence-electron chi connectivity index (χ2n) is 7.24. The number of carbonyl (C=O) groups excluding carboxylic acids is 1. The van der Waals surface area contributed by atoms with Crippen molar-refractivity contribution in [1.82, 2.24) is 10.2 Å². The van der Waals surface area contributed by atoms with Crippen LogP contribution >= 0.6 is 12.4 Å². The molecule has 0 radical (unpaired) electrons. The van der Waals surface area contributed by atoms with Crippen molar-refractivity contribution in [2.24, 2.45) is 0 Å². The van der Waals surface area contributed by atoms with E-state index in [0.29, 0.717) is 19.5 Å². The summed E-state index contributed by atoms with van der Waals surface area (Å²) in [6.07, 6.45) is 5.55. The summed E-state index contributed by atoms with van der Waals surface area (Å²) in [5.74, 6) is -1.25. The predicted octanol–water partition coefficient (Wildman–Crippen LogP) is 2.72. The van der Waals surface area contributed by atoms with Crippen LogP contribution in [0.1, 0.15) is 44.1 Å². The van der Waals surface area contributed by atoms with Gasteiger partial charge in [-0.2, -0.15) is 0 Å². The largest absolute Gasteiger partial charge is 0.480 e. The third-order valence-corrected chi connectivity index (χ3v) is 5.64. The topological polar surface area (TPSA) is 69.6 Å². The summed E-state index contributed by atoms with van der Waals surface area (Å²) >= 11 is 0. The van der Waals surface area contributed by atoms with E-state index >= 15 is 0 Å². The van der Waals surface area contributed by atoms with Gasteiger partial charge in [0.2, 0.25) is 5.91 Å². The number of aliphatic carboxylic acids is 1. The van der Waals surface area contributed by atoms with E-state index in [1.807, 2.05) is 12.1 Å². The molecule has 2 aliphatic rings. The predicted molar refractivity (Wildman–Crippen MR) is 99.0 cm³/mol. The third-order valence-electron chi connectivity index (χ3n) is 5.64. The first-order valence-corrected chi connectivity index (χ1v) is 9.00. The Morgan fingerprint density at radius 2 is 1.85 bits per heavy atom. The van der Waals surface area contributed by atoms with Crippen LogP contribution in [0.15, 0.2) is 24.3 Å². The molecular formula is C19H26ClFN2O3. The minimum absolute atomic E-state index is 0. The van der Waals surface area contributed by atoms with Crippen LogP contribution in [0.4, 0.5) is 4.39 Å². The van der Waals surface area contributed by atoms with Gasteiger partial charge in [-0.05, 0) is 49.9 Å². The van der Waals surface area contributed by atoms with Crippen molar-refractivity contribution in [1.29, 1.82) is 0 Å². The summed E-state index contributed by atoms with van der Waals surface area (Å²) < 4.78 is 13.2. The van der Waals surface area contributed by atoms with Gasteiger partial charge in [-0.25, -0.2) is 4.39 Å². The molecule has 2 N–H and O–H groups in total. The van der Waals surface area contributed by atoms with Crippen molar-refractivity contribution in [2.45, 2.75) is 50.0 Å². The lowest BCUT2D eigenvalue weighted by atomic mass is 9.79. The summed E-state index contributed by atoms with van der Waals surface area (Å²) in [6.45, 7) is 1.28. The Bertz CT molecular complexity index is 632. The Hall–Kier alpha value is -1.66. The van der Waals surface area contributed by atoms with Gasteiger partial charge in [-0.3, -0.25) is 14.5 Å². The second kappa shape index (κ2) is 8.82. The van der Waals surface area contributed by atoms with E-state index in [0.717, 1.165) is 37.7 Å². The molecule has 2 fully saturated rings. The molecule has 1 saturated heterocycles. The van der Waals surface area contributed by atoms with Crippen molar-refractivity contribution in [3.8, 4) is 0 Å². The molecule has 1 atom stereocenters. The van der Waals surface area contributed by atoms with Gasteiger partial charge >= 0.3 is 5.97 Å². The maximum Gasteiger partial charge on any atom is 0.320 e. The number of hydrogen-bond donors (Lipinski definition) is 2. The van der Waals surface area contributed by atoms with Crippen molar-refractivity contribution in [3.05, 3.63) is 35.6 Å². The number of amides is 1. The Kier molecular flexibility index (Phi) is 7.01. The molecule has 0 spiro atoms. The van der Waals surface area contributed by atoms with E-state index in [2.05, 4.69) is 5.32 Å². The van der Waals surface area contributed by atoms with Crippen LogP contribution in [0.2, 0.25) is 0 Å². The fourth-order valence-electron chi connectivity index (χ4n) is 4.23. The summed E-state index contributed by atoms with van der Waals surface area (Å²) in [6, 6.07) is 6.02. The molecule has 7 heteroatoms. The van der Waals surface area contributed by atoms with E-state index in [4.69, 9.17) is 0 Å². The van der Waals surface area contributed by atoms with Gasteiger partial charge in [-0.1, -0.05) is 25.0 Å². The molecule has 144 valence electrons. The molecule has 1 amide bonds. The van der Waals surface area contributed by atoms with Gasteiger partial charge in [0.05, 0.1) is 6.54 Å². The van der Waals surface area contributed by atoms with Crippen LogP contribution in [-0.2, 0) is 15.0 Å². The molecule has 1 unspecified atom stereocenters. The smallest absolute Gasteiger partial charge is 0.320 e. The van der Waals surface area contributed by atoms with Gasteiger partial charge in [-0.15, -0.1) is 12.4 Å². The van der Waals surface area contributed by atoms with Crippen molar-refractivity contribution >= 4 is 24.3 Å². The molecule has 0 aromatic heterocycles. The lowest BCUT2D eigenvalue weighted by Crippen LogP contribution is -2.46. The highest BCUT2D eigenvalue weighted by atomic mass is 35.5. The lowest BCUT2D eigenvalue weighted by Gasteiger charge is -2.30. The normalized spacial score (nSPS) is 22.0. The van der Waals surface area contributed by atoms with Gasteiger partial charge < -0.3 is 10.4 Å².